The molecule has 2 fully saturated rings. The molecule has 2 heterocycles. The molecule has 12 heteroatoms. The van der Waals surface area contributed by atoms with Gasteiger partial charge >= 0.3 is 12.1 Å². The molecule has 0 spiro atoms. The van der Waals surface area contributed by atoms with Crippen LogP contribution in [0, 0.1) is 12.8 Å². The van der Waals surface area contributed by atoms with Gasteiger partial charge in [0.25, 0.3) is 5.91 Å². The van der Waals surface area contributed by atoms with Gasteiger partial charge in [-0.3, -0.25) is 4.79 Å². The average molecular weight is 460 g/mol. The van der Waals surface area contributed by atoms with Crippen LogP contribution in [-0.4, -0.2) is 39.7 Å². The Morgan fingerprint density at radius 2 is 1.91 bits per heavy atom. The number of aromatic nitrogens is 3. The Balaban J connectivity index is 1.52. The molecule has 2 saturated carbocycles. The predicted molar refractivity (Wildman–Crippen MR) is 99.3 cm³/mol. The first-order valence-electron chi connectivity index (χ1n) is 10.2. The van der Waals surface area contributed by atoms with Gasteiger partial charge in [0, 0.05) is 12.5 Å². The van der Waals surface area contributed by atoms with E-state index in [9.17, 15) is 26.7 Å². The summed E-state index contributed by atoms with van der Waals surface area (Å²) in [6.07, 6.45) is -1.65. The highest BCUT2D eigenvalue weighted by molar-refractivity contribution is 5.92. The molecule has 1 unspecified atom stereocenters. The number of alkyl halides is 5. The van der Waals surface area contributed by atoms with E-state index < -0.39 is 36.5 Å². The van der Waals surface area contributed by atoms with E-state index in [0.29, 0.717) is 29.6 Å². The summed E-state index contributed by atoms with van der Waals surface area (Å²) >= 11 is 0. The third-order valence-electron chi connectivity index (χ3n) is 5.37. The van der Waals surface area contributed by atoms with Gasteiger partial charge in [-0.25, -0.2) is 4.98 Å². The Labute approximate surface area is 179 Å². The number of carbonyl (C=O) groups excluding carboxylic acids is 1. The van der Waals surface area contributed by atoms with E-state index in [4.69, 9.17) is 9.26 Å². The lowest BCUT2D eigenvalue weighted by Crippen LogP contribution is -2.42. The van der Waals surface area contributed by atoms with Gasteiger partial charge in [-0.1, -0.05) is 24.1 Å². The van der Waals surface area contributed by atoms with Crippen LogP contribution in [0.25, 0.3) is 0 Å². The molecular weight excluding hydrogens is 439 g/mol. The first-order chi connectivity index (χ1) is 15.0. The monoisotopic (exact) mass is 460 g/mol. The average Bonchev–Trinajstić information content (AvgIpc) is 3.65. The first-order valence-corrected chi connectivity index (χ1v) is 10.2. The van der Waals surface area contributed by atoms with Crippen molar-refractivity contribution in [3.8, 4) is 5.88 Å². The Kier molecular flexibility index (Phi) is 5.80. The van der Waals surface area contributed by atoms with Crippen molar-refractivity contribution in [3.05, 3.63) is 35.1 Å². The van der Waals surface area contributed by atoms with Crippen LogP contribution in [0.3, 0.4) is 0 Å². The molecule has 2 aromatic heterocycles. The quantitative estimate of drug-likeness (QED) is 0.555. The van der Waals surface area contributed by atoms with Crippen molar-refractivity contribution in [1.29, 1.82) is 0 Å². The second kappa shape index (κ2) is 8.28. The Morgan fingerprint density at radius 1 is 1.19 bits per heavy atom. The molecule has 1 atom stereocenters. The lowest BCUT2D eigenvalue weighted by atomic mass is 10.1. The van der Waals surface area contributed by atoms with Crippen LogP contribution in [0.2, 0.25) is 0 Å². The van der Waals surface area contributed by atoms with Crippen molar-refractivity contribution in [2.24, 2.45) is 5.92 Å². The molecule has 2 aliphatic carbocycles. The number of amides is 1. The number of halogens is 5. The van der Waals surface area contributed by atoms with Gasteiger partial charge in [-0.05, 0) is 37.2 Å². The van der Waals surface area contributed by atoms with Gasteiger partial charge in [0.05, 0.1) is 6.04 Å². The number of rotatable bonds is 9. The minimum absolute atomic E-state index is 0.0426. The third kappa shape index (κ3) is 5.16. The Morgan fingerprint density at radius 3 is 2.47 bits per heavy atom. The summed E-state index contributed by atoms with van der Waals surface area (Å²) in [6.45, 7) is -0.300. The fourth-order valence-electron chi connectivity index (χ4n) is 3.24. The lowest BCUT2D eigenvalue weighted by Gasteiger charge is -2.20. The fourth-order valence-corrected chi connectivity index (χ4v) is 3.24. The van der Waals surface area contributed by atoms with E-state index >= 15 is 0 Å². The molecule has 4 rings (SSSR count). The summed E-state index contributed by atoms with van der Waals surface area (Å²) in [5.41, 5.74) is 0.239. The van der Waals surface area contributed by atoms with Crippen LogP contribution in [0.1, 0.15) is 71.8 Å². The zero-order chi connectivity index (χ0) is 23.1. The van der Waals surface area contributed by atoms with Gasteiger partial charge in [0.2, 0.25) is 11.8 Å². The molecule has 2 aromatic rings. The van der Waals surface area contributed by atoms with Crippen LogP contribution in [0.15, 0.2) is 16.7 Å². The summed E-state index contributed by atoms with van der Waals surface area (Å²) in [5, 5.41) is 6.60. The second-order valence-electron chi connectivity index (χ2n) is 8.23. The molecule has 0 bridgehead atoms. The second-order valence-corrected chi connectivity index (χ2v) is 8.23. The standard InChI is InChI=1S/C20H21F5N4O3/c1-10-26-16(29-32-10)15(8-11-2-3-11)27-17(30)14-7-6-13(12-4-5-12)18(28-14)31-9-19(21,22)20(23,24)25/h6-7,11-12,15H,2-5,8-9H2,1H3,(H,27,30). The van der Waals surface area contributed by atoms with E-state index in [1.807, 2.05) is 0 Å². The molecule has 174 valence electrons. The van der Waals surface area contributed by atoms with Crippen molar-refractivity contribution in [2.45, 2.75) is 63.1 Å². The molecule has 1 amide bonds. The van der Waals surface area contributed by atoms with Crippen LogP contribution in [-0.2, 0) is 0 Å². The lowest BCUT2D eigenvalue weighted by molar-refractivity contribution is -0.290. The normalized spacial score (nSPS) is 17.8. The van der Waals surface area contributed by atoms with E-state index in [0.717, 1.165) is 25.7 Å². The summed E-state index contributed by atoms with van der Waals surface area (Å²) in [5.74, 6) is -5.07. The van der Waals surface area contributed by atoms with Crippen molar-refractivity contribution in [1.82, 2.24) is 20.4 Å². The van der Waals surface area contributed by atoms with Crippen molar-refractivity contribution in [3.63, 3.8) is 0 Å². The SMILES string of the molecule is Cc1nc(C(CC2CC2)NC(=O)c2ccc(C3CC3)c(OCC(F)(F)C(F)(F)F)n2)no1. The summed E-state index contributed by atoms with van der Waals surface area (Å²) < 4.78 is 73.9. The molecule has 1 N–H and O–H groups in total. The molecule has 7 nitrogen and oxygen atoms in total. The largest absolute Gasteiger partial charge is 0.471 e. The molecular formula is C20H21F5N4O3. The highest BCUT2D eigenvalue weighted by atomic mass is 19.4. The Hall–Kier alpha value is -2.79. The highest BCUT2D eigenvalue weighted by Crippen LogP contribution is 2.44. The van der Waals surface area contributed by atoms with Crippen LogP contribution in [0.4, 0.5) is 22.0 Å². The van der Waals surface area contributed by atoms with Crippen LogP contribution < -0.4 is 10.1 Å². The predicted octanol–water partition coefficient (Wildman–Crippen LogP) is 4.50. The summed E-state index contributed by atoms with van der Waals surface area (Å²) in [7, 11) is 0. The molecule has 0 saturated heterocycles. The Bertz CT molecular complexity index is 986. The van der Waals surface area contributed by atoms with Gasteiger partial charge in [0.15, 0.2) is 12.4 Å². The number of ether oxygens (including phenoxy) is 1. The van der Waals surface area contributed by atoms with Crippen molar-refractivity contribution < 1.29 is 36.0 Å². The fraction of sp³-hybridized carbons (Fsp3) is 0.600. The maximum absolute atomic E-state index is 13.3. The van der Waals surface area contributed by atoms with E-state index in [1.165, 1.54) is 12.1 Å². The maximum Gasteiger partial charge on any atom is 0.456 e. The van der Waals surface area contributed by atoms with E-state index in [1.54, 1.807) is 6.92 Å². The van der Waals surface area contributed by atoms with Crippen molar-refractivity contribution in [2.75, 3.05) is 6.61 Å². The van der Waals surface area contributed by atoms with Gasteiger partial charge < -0.3 is 14.6 Å². The van der Waals surface area contributed by atoms with E-state index in [-0.39, 0.29) is 11.6 Å². The zero-order valence-electron chi connectivity index (χ0n) is 17.1. The molecule has 0 aromatic carbocycles. The molecule has 0 radical (unpaired) electrons. The third-order valence-corrected chi connectivity index (χ3v) is 5.37. The van der Waals surface area contributed by atoms with Gasteiger partial charge in [-0.2, -0.15) is 26.9 Å². The number of carbonyl (C=O) groups is 1. The molecule has 32 heavy (non-hydrogen) atoms. The molecule has 0 aliphatic heterocycles. The van der Waals surface area contributed by atoms with E-state index in [2.05, 4.69) is 20.4 Å². The number of hydrogen-bond acceptors (Lipinski definition) is 6. The van der Waals surface area contributed by atoms with Gasteiger partial charge in [0.1, 0.15) is 5.69 Å². The minimum Gasteiger partial charge on any atom is -0.471 e. The summed E-state index contributed by atoms with van der Waals surface area (Å²) in [4.78, 5) is 20.9. The number of nitrogens with zero attached hydrogens (tertiary/aromatic N) is 3. The summed E-state index contributed by atoms with van der Waals surface area (Å²) in [6, 6.07) is 2.33. The van der Waals surface area contributed by atoms with Crippen LogP contribution in [0.5, 0.6) is 5.88 Å². The van der Waals surface area contributed by atoms with Crippen molar-refractivity contribution >= 4 is 5.91 Å². The van der Waals surface area contributed by atoms with Crippen LogP contribution >= 0.6 is 0 Å². The maximum atomic E-state index is 13.3. The number of pyridine rings is 1. The number of hydrogen-bond donors (Lipinski definition) is 1. The topological polar surface area (TPSA) is 90.1 Å². The first kappa shape index (κ1) is 22.4. The smallest absolute Gasteiger partial charge is 0.456 e. The molecule has 2 aliphatic rings. The minimum atomic E-state index is -5.75. The highest BCUT2D eigenvalue weighted by Gasteiger charge is 2.58. The van der Waals surface area contributed by atoms with Gasteiger partial charge in [-0.15, -0.1) is 0 Å². The number of aryl methyl sites for hydroxylation is 1. The zero-order valence-corrected chi connectivity index (χ0v) is 17.1. The number of nitrogens with one attached hydrogen (secondary N) is 1.